The van der Waals surface area contributed by atoms with Gasteiger partial charge in [0.25, 0.3) is 0 Å². The van der Waals surface area contributed by atoms with Gasteiger partial charge in [0, 0.05) is 33.5 Å². The number of fused-ring (bicyclic) bond motifs is 4. The average Bonchev–Trinajstić information content (AvgIpc) is 3.76. The van der Waals surface area contributed by atoms with Crippen LogP contribution in [0.1, 0.15) is 5.48 Å². The Labute approximate surface area is 391 Å². The molecule has 0 aliphatic heterocycles. The Morgan fingerprint density at radius 1 is 0.288 bits per heavy atom. The molecule has 0 fully saturated rings. The van der Waals surface area contributed by atoms with Gasteiger partial charge in [-0.3, -0.25) is 0 Å². The zero-order chi connectivity index (χ0) is 47.3. The van der Waals surface area contributed by atoms with Gasteiger partial charge >= 0.3 is 0 Å². The van der Waals surface area contributed by atoms with Gasteiger partial charge in [0.05, 0.1) is 16.5 Å². The van der Waals surface area contributed by atoms with Crippen molar-refractivity contribution in [3.63, 3.8) is 0 Å². The molecule has 0 bridgehead atoms. The van der Waals surface area contributed by atoms with Crippen LogP contribution in [0.4, 0.5) is 17.1 Å². The maximum Gasteiger partial charge on any atom is 0.0645 e. The van der Waals surface area contributed by atoms with E-state index in [1.165, 1.54) is 5.39 Å². The highest BCUT2D eigenvalue weighted by Gasteiger charge is 2.17. The molecule has 0 saturated carbocycles. The Kier molecular flexibility index (Phi) is 8.82. The standard InChI is InChI=1S/C64H44N2/c1-3-13-45(14-4-1)47-23-25-48(26-24-47)49-27-35-55(36-28-49)65(57-39-32-52(33-40-57)60-20-10-9-19-59(60)51-16-5-2-6-17-51)56-37-29-50(30-38-56)54-34-42-64-62(44-54)61-21-11-12-22-63(61)66(64)58-41-31-46-15-7-8-18-53(46)43-58/h1-44H/i29D,30D,37D,38D. The van der Waals surface area contributed by atoms with E-state index < -0.39 is 0 Å². The summed E-state index contributed by atoms with van der Waals surface area (Å²) in [7, 11) is 0. The van der Waals surface area contributed by atoms with E-state index in [1.54, 1.807) is 0 Å². The van der Waals surface area contributed by atoms with Gasteiger partial charge in [-0.15, -0.1) is 0 Å². The minimum Gasteiger partial charge on any atom is -0.311 e. The monoisotopic (exact) mass is 844 g/mol. The molecule has 310 valence electrons. The number of benzene rings is 11. The van der Waals surface area contributed by atoms with Crippen LogP contribution in [-0.2, 0) is 0 Å². The summed E-state index contributed by atoms with van der Waals surface area (Å²) in [6.07, 6.45) is 0. The fraction of sp³-hybridized carbons (Fsp3) is 0. The first-order chi connectivity index (χ1) is 34.4. The fourth-order valence-electron chi connectivity index (χ4n) is 9.37. The van der Waals surface area contributed by atoms with Gasteiger partial charge in [0.1, 0.15) is 0 Å². The molecular formula is C64H44N2. The van der Waals surface area contributed by atoms with Crippen LogP contribution in [0.25, 0.3) is 93.9 Å². The molecule has 0 spiro atoms. The molecule has 66 heavy (non-hydrogen) atoms. The summed E-state index contributed by atoms with van der Waals surface area (Å²) in [5, 5.41) is 4.32. The van der Waals surface area contributed by atoms with Crippen molar-refractivity contribution in [3.8, 4) is 61.3 Å². The first-order valence-corrected chi connectivity index (χ1v) is 22.3. The first-order valence-electron chi connectivity index (χ1n) is 24.3. The molecule has 11 aromatic carbocycles. The van der Waals surface area contributed by atoms with E-state index in [1.807, 2.05) is 102 Å². The molecule has 0 radical (unpaired) electrons. The van der Waals surface area contributed by atoms with Gasteiger partial charge in [0.2, 0.25) is 0 Å². The lowest BCUT2D eigenvalue weighted by molar-refractivity contribution is 1.19. The smallest absolute Gasteiger partial charge is 0.0645 e. The second kappa shape index (κ2) is 16.8. The van der Waals surface area contributed by atoms with Crippen molar-refractivity contribution in [1.82, 2.24) is 4.57 Å². The predicted octanol–water partition coefficient (Wildman–Crippen LogP) is 17.7. The molecule has 0 aliphatic carbocycles. The zero-order valence-electron chi connectivity index (χ0n) is 40.0. The largest absolute Gasteiger partial charge is 0.311 e. The molecule has 0 N–H and O–H groups in total. The van der Waals surface area contributed by atoms with Crippen LogP contribution in [0, 0.1) is 0 Å². The molecule has 0 saturated heterocycles. The Morgan fingerprint density at radius 3 is 1.41 bits per heavy atom. The van der Waals surface area contributed by atoms with E-state index in [0.717, 1.165) is 77.4 Å². The van der Waals surface area contributed by atoms with Crippen molar-refractivity contribution in [3.05, 3.63) is 267 Å². The summed E-state index contributed by atoms with van der Waals surface area (Å²) in [5.74, 6) is 0. The maximum absolute atomic E-state index is 9.76. The van der Waals surface area contributed by atoms with Gasteiger partial charge in [0.15, 0.2) is 0 Å². The lowest BCUT2D eigenvalue weighted by atomic mass is 9.94. The van der Waals surface area contributed by atoms with E-state index in [2.05, 4.69) is 150 Å². The number of anilines is 3. The third-order valence-corrected chi connectivity index (χ3v) is 12.7. The summed E-state index contributed by atoms with van der Waals surface area (Å²) in [4.78, 5) is 1.86. The van der Waals surface area contributed by atoms with Crippen molar-refractivity contribution in [1.29, 1.82) is 0 Å². The third kappa shape index (κ3) is 7.21. The number of rotatable bonds is 9. The van der Waals surface area contributed by atoms with Crippen LogP contribution in [-0.4, -0.2) is 4.57 Å². The molecule has 1 aromatic heterocycles. The number of aromatic nitrogens is 1. The van der Waals surface area contributed by atoms with Crippen molar-refractivity contribution in [2.45, 2.75) is 0 Å². The van der Waals surface area contributed by atoms with Gasteiger partial charge in [-0.05, 0) is 133 Å². The molecule has 1 heterocycles. The summed E-state index contributed by atoms with van der Waals surface area (Å²) >= 11 is 0. The van der Waals surface area contributed by atoms with Crippen LogP contribution >= 0.6 is 0 Å². The van der Waals surface area contributed by atoms with Gasteiger partial charge in [-0.2, -0.15) is 0 Å². The highest BCUT2D eigenvalue weighted by atomic mass is 15.1. The van der Waals surface area contributed by atoms with Crippen molar-refractivity contribution < 1.29 is 5.48 Å². The molecule has 2 nitrogen and oxygen atoms in total. The minimum absolute atomic E-state index is 0.109. The normalized spacial score (nSPS) is 12.2. The average molecular weight is 845 g/mol. The van der Waals surface area contributed by atoms with Crippen LogP contribution in [0.3, 0.4) is 0 Å². The summed E-state index contributed by atoms with van der Waals surface area (Å²) < 4.78 is 41.1. The number of hydrogen-bond donors (Lipinski definition) is 0. The molecule has 0 aliphatic rings. The molecule has 0 atom stereocenters. The molecule has 2 heteroatoms. The number of nitrogens with zero attached hydrogens (tertiary/aromatic N) is 2. The first kappa shape index (κ1) is 34.7. The summed E-state index contributed by atoms with van der Waals surface area (Å²) in [6, 6.07) is 82.5. The van der Waals surface area contributed by atoms with E-state index in [0.29, 0.717) is 16.9 Å². The minimum atomic E-state index is -0.131. The number of hydrogen-bond acceptors (Lipinski definition) is 1. The van der Waals surface area contributed by atoms with E-state index in [9.17, 15) is 5.48 Å². The highest BCUT2D eigenvalue weighted by Crippen LogP contribution is 2.41. The summed E-state index contributed by atoms with van der Waals surface area (Å²) in [5.41, 5.74) is 14.2. The predicted molar refractivity (Wildman–Crippen MR) is 280 cm³/mol. The zero-order valence-corrected chi connectivity index (χ0v) is 36.0. The van der Waals surface area contributed by atoms with E-state index >= 15 is 0 Å². The van der Waals surface area contributed by atoms with Crippen LogP contribution in [0.15, 0.2) is 267 Å². The second-order valence-corrected chi connectivity index (χ2v) is 16.6. The van der Waals surface area contributed by atoms with Crippen LogP contribution < -0.4 is 4.90 Å². The Morgan fingerprint density at radius 2 is 0.758 bits per heavy atom. The maximum atomic E-state index is 9.76. The van der Waals surface area contributed by atoms with Crippen LogP contribution in [0.5, 0.6) is 0 Å². The van der Waals surface area contributed by atoms with Crippen LogP contribution in [0.2, 0.25) is 0 Å². The lowest BCUT2D eigenvalue weighted by Gasteiger charge is -2.26. The Bertz CT molecular complexity index is 3870. The molecule has 0 amide bonds. The second-order valence-electron chi connectivity index (χ2n) is 16.6. The van der Waals surface area contributed by atoms with Crippen molar-refractivity contribution in [2.75, 3.05) is 4.90 Å². The SMILES string of the molecule is [2H]c1c([2H])c(N(c2ccc(-c3ccc(-c4ccccc4)cc3)cc2)c2ccc(-c3ccccc3-c3ccccc3)cc2)c([2H])c([2H])c1-c1ccc2c(c1)c1ccccc1n2-c1ccc2ccccc2c1. The molecule has 12 rings (SSSR count). The van der Waals surface area contributed by atoms with E-state index in [-0.39, 0.29) is 35.4 Å². The topological polar surface area (TPSA) is 8.17 Å². The van der Waals surface area contributed by atoms with Gasteiger partial charge in [-0.1, -0.05) is 200 Å². The van der Waals surface area contributed by atoms with Crippen molar-refractivity contribution >= 4 is 49.6 Å². The highest BCUT2D eigenvalue weighted by molar-refractivity contribution is 6.10. The third-order valence-electron chi connectivity index (χ3n) is 12.7. The quantitative estimate of drug-likeness (QED) is 0.141. The Hall–Kier alpha value is -8.72. The fourth-order valence-corrected chi connectivity index (χ4v) is 9.37. The lowest BCUT2D eigenvalue weighted by Crippen LogP contribution is -2.09. The molecule has 0 unspecified atom stereocenters. The van der Waals surface area contributed by atoms with Gasteiger partial charge < -0.3 is 9.47 Å². The Balaban J connectivity index is 0.971. The molecular weight excluding hydrogens is 797 g/mol. The molecule has 12 aromatic rings. The summed E-state index contributed by atoms with van der Waals surface area (Å²) in [6.45, 7) is 0. The van der Waals surface area contributed by atoms with Gasteiger partial charge in [-0.25, -0.2) is 0 Å². The van der Waals surface area contributed by atoms with Crippen molar-refractivity contribution in [2.24, 2.45) is 0 Å². The number of para-hydroxylation sites is 1. The van der Waals surface area contributed by atoms with E-state index in [4.69, 9.17) is 0 Å².